The van der Waals surface area contributed by atoms with Gasteiger partial charge < -0.3 is 20.5 Å². The Morgan fingerprint density at radius 3 is 2.54 bits per heavy atom. The van der Waals surface area contributed by atoms with Crippen LogP contribution in [-0.2, 0) is 13.2 Å². The molecule has 0 saturated heterocycles. The lowest BCUT2D eigenvalue weighted by atomic mass is 10.0. The Morgan fingerprint density at radius 2 is 1.71 bits per heavy atom. The number of hydrogen-bond acceptors (Lipinski definition) is 4. The minimum atomic E-state index is -0.372. The van der Waals surface area contributed by atoms with E-state index in [4.69, 9.17) is 21.4 Å². The SMILES string of the molecule is OCCNCCNCc1c(OCc2c(F)cccc2Cl)ccc2ccccc12. The molecule has 0 fully saturated rings. The fourth-order valence-electron chi connectivity index (χ4n) is 3.05. The standard InChI is InChI=1S/C22H24ClFN2O2/c23-20-6-3-7-21(24)19(20)15-28-22-9-8-16-4-1-2-5-17(16)18(22)14-26-11-10-25-12-13-27/h1-9,25-27H,10-15H2. The molecule has 3 N–H and O–H groups in total. The van der Waals surface area contributed by atoms with Gasteiger partial charge in [0.1, 0.15) is 18.2 Å². The number of aliphatic hydroxyl groups is 1. The highest BCUT2D eigenvalue weighted by atomic mass is 35.5. The molecule has 0 aromatic heterocycles. The van der Waals surface area contributed by atoms with E-state index in [-0.39, 0.29) is 19.0 Å². The Balaban J connectivity index is 1.77. The summed E-state index contributed by atoms with van der Waals surface area (Å²) in [7, 11) is 0. The first kappa shape index (κ1) is 20.6. The number of benzene rings is 3. The van der Waals surface area contributed by atoms with E-state index in [1.165, 1.54) is 6.07 Å². The molecule has 0 heterocycles. The third-order valence-electron chi connectivity index (χ3n) is 4.50. The lowest BCUT2D eigenvalue weighted by Crippen LogP contribution is -2.29. The third-order valence-corrected chi connectivity index (χ3v) is 4.85. The number of rotatable bonds is 10. The third kappa shape index (κ3) is 5.20. The molecule has 3 aromatic rings. The van der Waals surface area contributed by atoms with Crippen LogP contribution in [0.2, 0.25) is 5.02 Å². The molecule has 0 aliphatic rings. The molecule has 0 aliphatic heterocycles. The second-order valence-electron chi connectivity index (χ2n) is 6.40. The number of aliphatic hydroxyl groups excluding tert-OH is 1. The first-order valence-corrected chi connectivity index (χ1v) is 9.67. The van der Waals surface area contributed by atoms with E-state index in [1.807, 2.05) is 24.3 Å². The van der Waals surface area contributed by atoms with Crippen LogP contribution < -0.4 is 15.4 Å². The van der Waals surface area contributed by atoms with Crippen molar-refractivity contribution in [2.24, 2.45) is 0 Å². The zero-order valence-electron chi connectivity index (χ0n) is 15.6. The average molecular weight is 403 g/mol. The van der Waals surface area contributed by atoms with Crippen molar-refractivity contribution >= 4 is 22.4 Å². The van der Waals surface area contributed by atoms with E-state index in [2.05, 4.69) is 22.8 Å². The molecule has 6 heteroatoms. The van der Waals surface area contributed by atoms with E-state index in [0.717, 1.165) is 29.4 Å². The van der Waals surface area contributed by atoms with Crippen LogP contribution in [0.3, 0.4) is 0 Å². The number of fused-ring (bicyclic) bond motifs is 1. The summed E-state index contributed by atoms with van der Waals surface area (Å²) in [6.07, 6.45) is 0. The van der Waals surface area contributed by atoms with E-state index in [9.17, 15) is 4.39 Å². The molecule has 0 spiro atoms. The predicted octanol–water partition coefficient (Wildman–Crippen LogP) is 3.88. The van der Waals surface area contributed by atoms with E-state index in [0.29, 0.717) is 29.4 Å². The molecule has 0 amide bonds. The van der Waals surface area contributed by atoms with Crippen molar-refractivity contribution in [3.8, 4) is 5.75 Å². The molecule has 3 aromatic carbocycles. The Kier molecular flexibility index (Phi) is 7.62. The molecule has 0 aliphatic carbocycles. The Labute approximate surface area is 169 Å². The summed E-state index contributed by atoms with van der Waals surface area (Å²) in [6.45, 7) is 2.89. The van der Waals surface area contributed by atoms with Crippen LogP contribution in [0.4, 0.5) is 4.39 Å². The second-order valence-corrected chi connectivity index (χ2v) is 6.81. The maximum atomic E-state index is 14.1. The zero-order chi connectivity index (χ0) is 19.8. The minimum Gasteiger partial charge on any atom is -0.488 e. The van der Waals surface area contributed by atoms with Gasteiger partial charge in [-0.2, -0.15) is 0 Å². The smallest absolute Gasteiger partial charge is 0.131 e. The average Bonchev–Trinajstić information content (AvgIpc) is 2.71. The molecule has 0 saturated carbocycles. The van der Waals surface area contributed by atoms with Crippen LogP contribution in [0.1, 0.15) is 11.1 Å². The fourth-order valence-corrected chi connectivity index (χ4v) is 3.27. The summed E-state index contributed by atoms with van der Waals surface area (Å²) >= 11 is 6.12. The highest BCUT2D eigenvalue weighted by Crippen LogP contribution is 2.30. The van der Waals surface area contributed by atoms with Gasteiger partial charge in [0.05, 0.1) is 11.6 Å². The molecular weight excluding hydrogens is 379 g/mol. The summed E-state index contributed by atoms with van der Waals surface area (Å²) < 4.78 is 20.0. The monoisotopic (exact) mass is 402 g/mol. The van der Waals surface area contributed by atoms with Crippen molar-refractivity contribution in [1.82, 2.24) is 10.6 Å². The highest BCUT2D eigenvalue weighted by molar-refractivity contribution is 6.31. The van der Waals surface area contributed by atoms with Gasteiger partial charge in [0.25, 0.3) is 0 Å². The summed E-state index contributed by atoms with van der Waals surface area (Å²) in [5, 5.41) is 17.9. The van der Waals surface area contributed by atoms with Gasteiger partial charge in [-0.1, -0.05) is 48.0 Å². The highest BCUT2D eigenvalue weighted by Gasteiger charge is 2.12. The Bertz CT molecular complexity index is 900. The van der Waals surface area contributed by atoms with Gasteiger partial charge in [-0.3, -0.25) is 0 Å². The van der Waals surface area contributed by atoms with Gasteiger partial charge in [0, 0.05) is 37.3 Å². The molecule has 0 atom stereocenters. The molecule has 0 unspecified atom stereocenters. The first-order chi connectivity index (χ1) is 13.7. The number of halogens is 2. The molecule has 0 bridgehead atoms. The number of hydrogen-bond donors (Lipinski definition) is 3. The van der Waals surface area contributed by atoms with Crippen LogP contribution >= 0.6 is 11.6 Å². The van der Waals surface area contributed by atoms with Crippen LogP contribution in [0.15, 0.2) is 54.6 Å². The predicted molar refractivity (Wildman–Crippen MR) is 111 cm³/mol. The van der Waals surface area contributed by atoms with Gasteiger partial charge in [-0.15, -0.1) is 0 Å². The van der Waals surface area contributed by atoms with Crippen molar-refractivity contribution < 1.29 is 14.2 Å². The van der Waals surface area contributed by atoms with E-state index < -0.39 is 0 Å². The Hall–Kier alpha value is -2.18. The summed E-state index contributed by atoms with van der Waals surface area (Å²) in [6, 6.07) is 16.6. The lowest BCUT2D eigenvalue weighted by Gasteiger charge is -2.16. The zero-order valence-corrected chi connectivity index (χ0v) is 16.3. The summed E-state index contributed by atoms with van der Waals surface area (Å²) in [4.78, 5) is 0. The van der Waals surface area contributed by atoms with Crippen molar-refractivity contribution in [3.63, 3.8) is 0 Å². The van der Waals surface area contributed by atoms with Gasteiger partial charge in [0.2, 0.25) is 0 Å². The van der Waals surface area contributed by atoms with Crippen LogP contribution in [-0.4, -0.2) is 31.3 Å². The Morgan fingerprint density at radius 1 is 0.893 bits per heavy atom. The number of ether oxygens (including phenoxy) is 1. The van der Waals surface area contributed by atoms with E-state index >= 15 is 0 Å². The quantitative estimate of drug-likeness (QED) is 0.450. The van der Waals surface area contributed by atoms with Crippen LogP contribution in [0.5, 0.6) is 5.75 Å². The molecule has 28 heavy (non-hydrogen) atoms. The summed E-state index contributed by atoms with van der Waals surface area (Å²) in [5.74, 6) is 0.330. The summed E-state index contributed by atoms with van der Waals surface area (Å²) in [5.41, 5.74) is 1.37. The van der Waals surface area contributed by atoms with Gasteiger partial charge in [-0.05, 0) is 29.0 Å². The second kappa shape index (κ2) is 10.4. The molecule has 4 nitrogen and oxygen atoms in total. The first-order valence-electron chi connectivity index (χ1n) is 9.29. The maximum Gasteiger partial charge on any atom is 0.131 e. The van der Waals surface area contributed by atoms with Gasteiger partial charge in [0.15, 0.2) is 0 Å². The topological polar surface area (TPSA) is 53.5 Å². The minimum absolute atomic E-state index is 0.0644. The largest absolute Gasteiger partial charge is 0.488 e. The maximum absolute atomic E-state index is 14.1. The molecule has 148 valence electrons. The van der Waals surface area contributed by atoms with Crippen molar-refractivity contribution in [2.75, 3.05) is 26.2 Å². The lowest BCUT2D eigenvalue weighted by molar-refractivity contribution is 0.292. The fraction of sp³-hybridized carbons (Fsp3) is 0.273. The molecule has 3 rings (SSSR count). The normalized spacial score (nSPS) is 11.1. The molecular formula is C22H24ClFN2O2. The van der Waals surface area contributed by atoms with Gasteiger partial charge in [-0.25, -0.2) is 4.39 Å². The van der Waals surface area contributed by atoms with Crippen molar-refractivity contribution in [2.45, 2.75) is 13.2 Å². The van der Waals surface area contributed by atoms with Crippen molar-refractivity contribution in [3.05, 3.63) is 76.6 Å². The van der Waals surface area contributed by atoms with Crippen LogP contribution in [0.25, 0.3) is 10.8 Å². The van der Waals surface area contributed by atoms with Crippen molar-refractivity contribution in [1.29, 1.82) is 0 Å². The molecule has 0 radical (unpaired) electrons. The van der Waals surface area contributed by atoms with Crippen LogP contribution in [0, 0.1) is 5.82 Å². The van der Waals surface area contributed by atoms with E-state index in [1.54, 1.807) is 12.1 Å². The van der Waals surface area contributed by atoms with Gasteiger partial charge >= 0.3 is 0 Å². The number of nitrogens with one attached hydrogen (secondary N) is 2.